The number of nitrogens with one attached hydrogen (secondary N) is 1. The highest BCUT2D eigenvalue weighted by Gasteiger charge is 2.10. The third-order valence-electron chi connectivity index (χ3n) is 2.33. The molecule has 1 heterocycles. The summed E-state index contributed by atoms with van der Waals surface area (Å²) in [5, 5.41) is 3.22. The lowest BCUT2D eigenvalue weighted by Crippen LogP contribution is -2.04. The van der Waals surface area contributed by atoms with Crippen LogP contribution >= 0.6 is 38.5 Å². The molecular formula is C13H13BrIN3O. The molecule has 1 aromatic carbocycles. The van der Waals surface area contributed by atoms with Gasteiger partial charge in [-0.05, 0) is 69.2 Å². The fourth-order valence-electron chi connectivity index (χ4n) is 1.41. The van der Waals surface area contributed by atoms with Crippen molar-refractivity contribution >= 4 is 44.3 Å². The summed E-state index contributed by atoms with van der Waals surface area (Å²) < 4.78 is 7.65. The fourth-order valence-corrected chi connectivity index (χ4v) is 2.19. The van der Waals surface area contributed by atoms with Gasteiger partial charge < -0.3 is 10.1 Å². The van der Waals surface area contributed by atoms with E-state index in [0.717, 1.165) is 32.6 Å². The van der Waals surface area contributed by atoms with E-state index in [-0.39, 0.29) is 0 Å². The maximum atomic E-state index is 5.74. The van der Waals surface area contributed by atoms with Crippen molar-refractivity contribution in [3.63, 3.8) is 0 Å². The van der Waals surface area contributed by atoms with Gasteiger partial charge in [-0.1, -0.05) is 6.92 Å². The van der Waals surface area contributed by atoms with Crippen LogP contribution in [0.25, 0.3) is 0 Å². The van der Waals surface area contributed by atoms with Gasteiger partial charge in [-0.3, -0.25) is 0 Å². The number of ether oxygens (including phenoxy) is 1. The van der Waals surface area contributed by atoms with Gasteiger partial charge >= 0.3 is 0 Å². The molecule has 6 heteroatoms. The third-order valence-corrected chi connectivity index (χ3v) is 3.76. The van der Waals surface area contributed by atoms with Crippen molar-refractivity contribution in [2.24, 2.45) is 0 Å². The molecule has 100 valence electrons. The maximum absolute atomic E-state index is 5.74. The summed E-state index contributed by atoms with van der Waals surface area (Å²) in [4.78, 5) is 8.32. The van der Waals surface area contributed by atoms with Crippen LogP contribution in [-0.4, -0.2) is 16.5 Å². The Hall–Kier alpha value is -0.890. The third kappa shape index (κ3) is 4.04. The Morgan fingerprint density at radius 3 is 2.68 bits per heavy atom. The minimum atomic E-state index is 0.509. The minimum Gasteiger partial charge on any atom is -0.438 e. The monoisotopic (exact) mass is 433 g/mol. The number of hydrogen-bond acceptors (Lipinski definition) is 4. The Morgan fingerprint density at radius 2 is 2.00 bits per heavy atom. The molecule has 0 fully saturated rings. The van der Waals surface area contributed by atoms with Crippen molar-refractivity contribution < 1.29 is 4.74 Å². The van der Waals surface area contributed by atoms with E-state index in [1.165, 1.54) is 6.33 Å². The summed E-state index contributed by atoms with van der Waals surface area (Å²) >= 11 is 5.72. The fraction of sp³-hybridized carbons (Fsp3) is 0.231. The molecule has 19 heavy (non-hydrogen) atoms. The Bertz CT molecular complexity index is 548. The minimum absolute atomic E-state index is 0.509. The Labute approximate surface area is 134 Å². The Balaban J connectivity index is 2.18. The molecule has 0 aliphatic heterocycles. The second-order valence-electron chi connectivity index (χ2n) is 3.82. The highest BCUT2D eigenvalue weighted by molar-refractivity contribution is 14.1. The molecule has 0 bridgehead atoms. The lowest BCUT2D eigenvalue weighted by atomic mass is 10.3. The molecule has 1 N–H and O–H groups in total. The predicted octanol–water partition coefficient (Wildman–Crippen LogP) is 4.46. The van der Waals surface area contributed by atoms with E-state index in [1.54, 1.807) is 0 Å². The highest BCUT2D eigenvalue weighted by Crippen LogP contribution is 2.31. The molecule has 0 saturated carbocycles. The summed E-state index contributed by atoms with van der Waals surface area (Å²) in [6.07, 6.45) is 2.52. The van der Waals surface area contributed by atoms with E-state index in [0.29, 0.717) is 5.88 Å². The van der Waals surface area contributed by atoms with E-state index < -0.39 is 0 Å². The molecular weight excluding hydrogens is 421 g/mol. The van der Waals surface area contributed by atoms with Crippen LogP contribution in [0.2, 0.25) is 0 Å². The van der Waals surface area contributed by atoms with Crippen molar-refractivity contribution in [1.29, 1.82) is 0 Å². The van der Waals surface area contributed by atoms with E-state index in [4.69, 9.17) is 4.74 Å². The first-order valence-corrected chi connectivity index (χ1v) is 7.75. The quantitative estimate of drug-likeness (QED) is 0.707. The lowest BCUT2D eigenvalue weighted by Gasteiger charge is -2.10. The van der Waals surface area contributed by atoms with Crippen LogP contribution in [0, 0.1) is 3.57 Å². The standard InChI is InChI=1S/C13H13BrIN3O/c1-2-7-16-12-11(14)13(18-8-17-12)19-10-5-3-9(15)4-6-10/h3-6,8H,2,7H2,1H3,(H,16,17,18). The number of aromatic nitrogens is 2. The predicted molar refractivity (Wildman–Crippen MR) is 87.7 cm³/mol. The molecule has 1 aromatic heterocycles. The first-order valence-electron chi connectivity index (χ1n) is 5.88. The van der Waals surface area contributed by atoms with Crippen molar-refractivity contribution in [2.45, 2.75) is 13.3 Å². The van der Waals surface area contributed by atoms with E-state index >= 15 is 0 Å². The zero-order chi connectivity index (χ0) is 13.7. The highest BCUT2D eigenvalue weighted by atomic mass is 127. The molecule has 0 amide bonds. The second-order valence-corrected chi connectivity index (χ2v) is 5.86. The molecule has 0 radical (unpaired) electrons. The van der Waals surface area contributed by atoms with E-state index in [1.807, 2.05) is 24.3 Å². The molecule has 0 unspecified atom stereocenters. The number of nitrogens with zero attached hydrogens (tertiary/aromatic N) is 2. The number of benzene rings is 1. The van der Waals surface area contributed by atoms with E-state index in [2.05, 4.69) is 60.7 Å². The smallest absolute Gasteiger partial charge is 0.238 e. The maximum Gasteiger partial charge on any atom is 0.238 e. The SMILES string of the molecule is CCCNc1ncnc(Oc2ccc(I)cc2)c1Br. The number of hydrogen-bond donors (Lipinski definition) is 1. The van der Waals surface area contributed by atoms with Crippen LogP contribution in [0.1, 0.15) is 13.3 Å². The molecule has 2 aromatic rings. The molecule has 0 saturated heterocycles. The van der Waals surface area contributed by atoms with Crippen LogP contribution in [0.5, 0.6) is 11.6 Å². The van der Waals surface area contributed by atoms with Gasteiger partial charge in [-0.2, -0.15) is 0 Å². The van der Waals surface area contributed by atoms with Crippen molar-refractivity contribution in [3.05, 3.63) is 38.6 Å². The first-order chi connectivity index (χ1) is 9.20. The molecule has 0 spiro atoms. The number of halogens is 2. The molecule has 4 nitrogen and oxygen atoms in total. The van der Waals surface area contributed by atoms with Gasteiger partial charge in [0, 0.05) is 10.1 Å². The lowest BCUT2D eigenvalue weighted by molar-refractivity contribution is 0.458. The second kappa shape index (κ2) is 7.04. The average Bonchev–Trinajstić information content (AvgIpc) is 2.42. The van der Waals surface area contributed by atoms with Gasteiger partial charge in [-0.25, -0.2) is 9.97 Å². The average molecular weight is 434 g/mol. The van der Waals surface area contributed by atoms with E-state index in [9.17, 15) is 0 Å². The van der Waals surface area contributed by atoms with Crippen LogP contribution in [0.15, 0.2) is 35.1 Å². The van der Waals surface area contributed by atoms with Crippen LogP contribution in [-0.2, 0) is 0 Å². The van der Waals surface area contributed by atoms with Crippen LogP contribution in [0.4, 0.5) is 5.82 Å². The topological polar surface area (TPSA) is 47.0 Å². The zero-order valence-electron chi connectivity index (χ0n) is 10.4. The molecule has 0 aliphatic carbocycles. The van der Waals surface area contributed by atoms with Crippen molar-refractivity contribution in [1.82, 2.24) is 9.97 Å². The normalized spacial score (nSPS) is 10.3. The number of rotatable bonds is 5. The first kappa shape index (κ1) is 14.5. The summed E-state index contributed by atoms with van der Waals surface area (Å²) in [5.41, 5.74) is 0. The summed E-state index contributed by atoms with van der Waals surface area (Å²) in [7, 11) is 0. The summed E-state index contributed by atoms with van der Waals surface area (Å²) in [5.74, 6) is 2.01. The van der Waals surface area contributed by atoms with Gasteiger partial charge in [0.05, 0.1) is 0 Å². The van der Waals surface area contributed by atoms with Gasteiger partial charge in [-0.15, -0.1) is 0 Å². The van der Waals surface area contributed by atoms with Crippen LogP contribution in [0.3, 0.4) is 0 Å². The van der Waals surface area contributed by atoms with Gasteiger partial charge in [0.25, 0.3) is 0 Å². The molecule has 2 rings (SSSR count). The van der Waals surface area contributed by atoms with Gasteiger partial charge in [0.2, 0.25) is 5.88 Å². The molecule has 0 atom stereocenters. The van der Waals surface area contributed by atoms with Crippen molar-refractivity contribution in [3.8, 4) is 11.6 Å². The van der Waals surface area contributed by atoms with Gasteiger partial charge in [0.1, 0.15) is 22.4 Å². The Kier molecular flexibility index (Phi) is 5.38. The largest absolute Gasteiger partial charge is 0.438 e. The summed E-state index contributed by atoms with van der Waals surface area (Å²) in [6.45, 7) is 2.96. The molecule has 0 aliphatic rings. The van der Waals surface area contributed by atoms with Gasteiger partial charge in [0.15, 0.2) is 0 Å². The summed E-state index contributed by atoms with van der Waals surface area (Å²) in [6, 6.07) is 7.80. The zero-order valence-corrected chi connectivity index (χ0v) is 14.1. The van der Waals surface area contributed by atoms with Crippen LogP contribution < -0.4 is 10.1 Å². The number of anilines is 1. The van der Waals surface area contributed by atoms with Crippen molar-refractivity contribution in [2.75, 3.05) is 11.9 Å². The Morgan fingerprint density at radius 1 is 1.26 bits per heavy atom.